The van der Waals surface area contributed by atoms with Crippen LogP contribution < -0.4 is 0 Å². The molecule has 1 aliphatic heterocycles. The summed E-state index contributed by atoms with van der Waals surface area (Å²) in [7, 11) is -4.09. The highest BCUT2D eigenvalue weighted by atomic mass is 32.2. The summed E-state index contributed by atoms with van der Waals surface area (Å²) in [6.45, 7) is 1.90. The molecule has 8 heteroatoms. The van der Waals surface area contributed by atoms with E-state index in [1.807, 2.05) is 36.4 Å². The standard InChI is InChI=1S/C21H22N2O5S/c1-2-27-19-21(16-22,29(25,26)18-11-7-4-8-12-18)13-14-23(19)20(24)28-15-17-9-5-3-6-10-17/h3-12,19H,2,13-15H2,1H3. The van der Waals surface area contributed by atoms with Crippen molar-refractivity contribution in [3.8, 4) is 6.07 Å². The van der Waals surface area contributed by atoms with Gasteiger partial charge in [-0.05, 0) is 24.6 Å². The van der Waals surface area contributed by atoms with Crippen LogP contribution in [-0.2, 0) is 25.9 Å². The van der Waals surface area contributed by atoms with Crippen LogP contribution in [-0.4, -0.2) is 43.5 Å². The van der Waals surface area contributed by atoms with Crippen LogP contribution in [0.5, 0.6) is 0 Å². The lowest BCUT2D eigenvalue weighted by molar-refractivity contribution is -0.0356. The van der Waals surface area contributed by atoms with Gasteiger partial charge in [0, 0.05) is 19.6 Å². The Morgan fingerprint density at radius 3 is 2.38 bits per heavy atom. The minimum atomic E-state index is -4.09. The molecule has 0 aliphatic carbocycles. The van der Waals surface area contributed by atoms with E-state index in [2.05, 4.69) is 0 Å². The van der Waals surface area contributed by atoms with Gasteiger partial charge in [-0.1, -0.05) is 48.5 Å². The molecule has 0 spiro atoms. The van der Waals surface area contributed by atoms with E-state index in [-0.39, 0.29) is 31.1 Å². The zero-order valence-electron chi connectivity index (χ0n) is 16.0. The molecule has 0 radical (unpaired) electrons. The van der Waals surface area contributed by atoms with Crippen molar-refractivity contribution >= 4 is 15.9 Å². The van der Waals surface area contributed by atoms with Crippen LogP contribution >= 0.6 is 0 Å². The molecule has 1 aliphatic rings. The van der Waals surface area contributed by atoms with Crippen molar-refractivity contribution < 1.29 is 22.7 Å². The van der Waals surface area contributed by atoms with E-state index in [9.17, 15) is 18.5 Å². The van der Waals surface area contributed by atoms with Gasteiger partial charge in [0.25, 0.3) is 0 Å². The molecule has 2 atom stereocenters. The summed E-state index contributed by atoms with van der Waals surface area (Å²) in [6, 6.07) is 18.8. The molecule has 0 saturated carbocycles. The quantitative estimate of drug-likeness (QED) is 0.720. The van der Waals surface area contributed by atoms with Gasteiger partial charge in [0.1, 0.15) is 6.61 Å². The molecule has 0 bridgehead atoms. The second-order valence-electron chi connectivity index (χ2n) is 6.61. The van der Waals surface area contributed by atoms with Gasteiger partial charge in [0.05, 0.1) is 11.0 Å². The Bertz CT molecular complexity index is 989. The van der Waals surface area contributed by atoms with E-state index < -0.39 is 26.9 Å². The molecule has 0 N–H and O–H groups in total. The Hall–Kier alpha value is -2.89. The summed E-state index contributed by atoms with van der Waals surface area (Å²) < 4.78 is 35.7. The Balaban J connectivity index is 1.88. The van der Waals surface area contributed by atoms with Gasteiger partial charge in [-0.15, -0.1) is 0 Å². The number of ether oxygens (including phenoxy) is 2. The lowest BCUT2D eigenvalue weighted by Crippen LogP contribution is -2.52. The molecule has 152 valence electrons. The maximum atomic E-state index is 13.3. The van der Waals surface area contributed by atoms with Crippen molar-refractivity contribution in [3.63, 3.8) is 0 Å². The number of amides is 1. The minimum absolute atomic E-state index is 0.0192. The number of hydrogen-bond donors (Lipinski definition) is 0. The Kier molecular flexibility index (Phi) is 6.20. The SMILES string of the molecule is CCOC1N(C(=O)OCc2ccccc2)CCC1(C#N)S(=O)(=O)c1ccccc1. The first-order chi connectivity index (χ1) is 14.0. The molecule has 1 fully saturated rings. The maximum absolute atomic E-state index is 13.3. The Labute approximate surface area is 170 Å². The Morgan fingerprint density at radius 1 is 1.17 bits per heavy atom. The number of likely N-dealkylation sites (tertiary alicyclic amines) is 1. The predicted molar refractivity (Wildman–Crippen MR) is 105 cm³/mol. The lowest BCUT2D eigenvalue weighted by Gasteiger charge is -2.31. The lowest BCUT2D eigenvalue weighted by atomic mass is 10.1. The number of benzene rings is 2. The van der Waals surface area contributed by atoms with Gasteiger partial charge in [0.15, 0.2) is 6.23 Å². The molecule has 1 heterocycles. The van der Waals surface area contributed by atoms with Gasteiger partial charge in [-0.25, -0.2) is 13.2 Å². The predicted octanol–water partition coefficient (Wildman–Crippen LogP) is 3.13. The molecular weight excluding hydrogens is 392 g/mol. The third-order valence-corrected chi connectivity index (χ3v) is 7.24. The van der Waals surface area contributed by atoms with Crippen LogP contribution in [0.3, 0.4) is 0 Å². The van der Waals surface area contributed by atoms with Crippen LogP contribution in [0.25, 0.3) is 0 Å². The average molecular weight is 414 g/mol. The molecule has 2 aromatic carbocycles. The number of nitriles is 1. The summed E-state index contributed by atoms with van der Waals surface area (Å²) in [5.74, 6) is 0. The average Bonchev–Trinajstić information content (AvgIpc) is 3.14. The summed E-state index contributed by atoms with van der Waals surface area (Å²) in [4.78, 5) is 13.9. The fourth-order valence-electron chi connectivity index (χ4n) is 3.40. The van der Waals surface area contributed by atoms with Crippen molar-refractivity contribution in [2.45, 2.75) is 35.8 Å². The first-order valence-electron chi connectivity index (χ1n) is 9.26. The van der Waals surface area contributed by atoms with Gasteiger partial charge >= 0.3 is 6.09 Å². The maximum Gasteiger partial charge on any atom is 0.412 e. The van der Waals surface area contributed by atoms with E-state index >= 15 is 0 Å². The van der Waals surface area contributed by atoms with E-state index in [0.717, 1.165) is 5.56 Å². The monoisotopic (exact) mass is 414 g/mol. The first-order valence-corrected chi connectivity index (χ1v) is 10.7. The zero-order chi connectivity index (χ0) is 20.9. The molecule has 29 heavy (non-hydrogen) atoms. The largest absolute Gasteiger partial charge is 0.444 e. The summed E-state index contributed by atoms with van der Waals surface area (Å²) in [5, 5.41) is 9.93. The molecule has 7 nitrogen and oxygen atoms in total. The second-order valence-corrected chi connectivity index (χ2v) is 8.82. The van der Waals surface area contributed by atoms with Crippen LogP contribution in [0, 0.1) is 11.3 Å². The fraction of sp³-hybridized carbons (Fsp3) is 0.333. The van der Waals surface area contributed by atoms with Crippen molar-refractivity contribution in [2.75, 3.05) is 13.2 Å². The minimum Gasteiger partial charge on any atom is -0.444 e. The molecule has 0 aromatic heterocycles. The summed E-state index contributed by atoms with van der Waals surface area (Å²) in [5.41, 5.74) is 0.802. The van der Waals surface area contributed by atoms with Gasteiger partial charge in [0.2, 0.25) is 14.6 Å². The normalized spacial score (nSPS) is 21.5. The summed E-state index contributed by atoms with van der Waals surface area (Å²) in [6.07, 6.45) is -2.04. The van der Waals surface area contributed by atoms with Crippen molar-refractivity contribution in [1.82, 2.24) is 4.90 Å². The Morgan fingerprint density at radius 2 is 1.79 bits per heavy atom. The third kappa shape index (κ3) is 3.84. The molecule has 2 unspecified atom stereocenters. The van der Waals surface area contributed by atoms with E-state index in [1.165, 1.54) is 17.0 Å². The molecule has 1 saturated heterocycles. The number of rotatable bonds is 6. The van der Waals surface area contributed by atoms with Crippen molar-refractivity contribution in [3.05, 3.63) is 66.2 Å². The third-order valence-electron chi connectivity index (χ3n) is 4.89. The zero-order valence-corrected chi connectivity index (χ0v) is 16.8. The highest BCUT2D eigenvalue weighted by Gasteiger charge is 2.60. The fourth-order valence-corrected chi connectivity index (χ4v) is 5.28. The number of sulfone groups is 1. The number of carbonyl (C=O) groups is 1. The van der Waals surface area contributed by atoms with Crippen LogP contribution in [0.1, 0.15) is 18.9 Å². The van der Waals surface area contributed by atoms with Gasteiger partial charge < -0.3 is 9.47 Å². The number of nitrogens with zero attached hydrogens (tertiary/aromatic N) is 2. The number of hydrogen-bond acceptors (Lipinski definition) is 6. The highest BCUT2D eigenvalue weighted by molar-refractivity contribution is 7.93. The first kappa shape index (κ1) is 20.8. The van der Waals surface area contributed by atoms with Gasteiger partial charge in [-0.3, -0.25) is 4.90 Å². The molecule has 2 aromatic rings. The molecule has 1 amide bonds. The van der Waals surface area contributed by atoms with Crippen molar-refractivity contribution in [1.29, 1.82) is 5.26 Å². The van der Waals surface area contributed by atoms with Crippen LogP contribution in [0.2, 0.25) is 0 Å². The highest BCUT2D eigenvalue weighted by Crippen LogP contribution is 2.40. The van der Waals surface area contributed by atoms with E-state index in [4.69, 9.17) is 9.47 Å². The van der Waals surface area contributed by atoms with E-state index in [0.29, 0.717) is 0 Å². The molecular formula is C21H22N2O5S. The second kappa shape index (κ2) is 8.64. The number of carbonyl (C=O) groups excluding carboxylic acids is 1. The van der Waals surface area contributed by atoms with Crippen LogP contribution in [0.15, 0.2) is 65.6 Å². The van der Waals surface area contributed by atoms with Crippen LogP contribution in [0.4, 0.5) is 4.79 Å². The smallest absolute Gasteiger partial charge is 0.412 e. The van der Waals surface area contributed by atoms with Crippen molar-refractivity contribution in [2.24, 2.45) is 0 Å². The topological polar surface area (TPSA) is 96.7 Å². The van der Waals surface area contributed by atoms with Gasteiger partial charge in [-0.2, -0.15) is 5.26 Å². The summed E-state index contributed by atoms with van der Waals surface area (Å²) >= 11 is 0. The van der Waals surface area contributed by atoms with E-state index in [1.54, 1.807) is 25.1 Å². The molecule has 3 rings (SSSR count).